The van der Waals surface area contributed by atoms with E-state index in [4.69, 9.17) is 4.74 Å². The molecule has 0 saturated carbocycles. The molecule has 1 aliphatic rings. The number of nitrogens with zero attached hydrogens (tertiary/aromatic N) is 3. The lowest BCUT2D eigenvalue weighted by Crippen LogP contribution is -2.24. The molecule has 1 N–H and O–H groups in total. The average Bonchev–Trinajstić information content (AvgIpc) is 3.84. The molecule has 5 nitrogen and oxygen atoms in total. The molecule has 0 saturated heterocycles. The van der Waals surface area contributed by atoms with Crippen LogP contribution in [0.3, 0.4) is 0 Å². The van der Waals surface area contributed by atoms with Crippen LogP contribution in [0, 0.1) is 0 Å². The van der Waals surface area contributed by atoms with E-state index in [1.165, 1.54) is 55.0 Å². The molecule has 9 aromatic carbocycles. The summed E-state index contributed by atoms with van der Waals surface area (Å²) in [6.07, 6.45) is 0. The Bertz CT molecular complexity index is 3080. The van der Waals surface area contributed by atoms with E-state index in [-0.39, 0.29) is 0 Å². The molecule has 2 heterocycles. The predicted molar refractivity (Wildman–Crippen MR) is 246 cm³/mol. The van der Waals surface area contributed by atoms with Crippen LogP contribution in [-0.2, 0) is 6.67 Å². The Kier molecular flexibility index (Phi) is 8.55. The van der Waals surface area contributed by atoms with Gasteiger partial charge in [0, 0.05) is 45.4 Å². The first-order chi connectivity index (χ1) is 29.2. The van der Waals surface area contributed by atoms with Gasteiger partial charge < -0.3 is 24.4 Å². The topological polar surface area (TPSA) is 32.7 Å². The van der Waals surface area contributed by atoms with Crippen molar-refractivity contribution in [2.75, 3.05) is 21.8 Å². The molecular formula is C54H40N4O. The van der Waals surface area contributed by atoms with Gasteiger partial charge in [0.15, 0.2) is 0 Å². The second-order valence-corrected chi connectivity index (χ2v) is 15.0. The first-order valence-electron chi connectivity index (χ1n) is 20.1. The zero-order valence-electron chi connectivity index (χ0n) is 32.4. The highest BCUT2D eigenvalue weighted by Gasteiger charge is 2.31. The van der Waals surface area contributed by atoms with Gasteiger partial charge in [0.05, 0.1) is 34.8 Å². The Balaban J connectivity index is 0.930. The molecule has 11 rings (SSSR count). The molecule has 0 aliphatic carbocycles. The van der Waals surface area contributed by atoms with E-state index >= 15 is 0 Å². The fourth-order valence-corrected chi connectivity index (χ4v) is 8.75. The zero-order valence-corrected chi connectivity index (χ0v) is 32.4. The number of aromatic nitrogens is 1. The fourth-order valence-electron chi connectivity index (χ4n) is 8.75. The summed E-state index contributed by atoms with van der Waals surface area (Å²) in [4.78, 5) is 4.85. The zero-order chi connectivity index (χ0) is 39.1. The third-order valence-corrected chi connectivity index (χ3v) is 11.5. The Morgan fingerprint density at radius 1 is 0.441 bits per heavy atom. The van der Waals surface area contributed by atoms with Crippen LogP contribution in [0.2, 0.25) is 0 Å². The number of ether oxygens (including phenoxy) is 1. The molecule has 282 valence electrons. The van der Waals surface area contributed by atoms with E-state index in [9.17, 15) is 0 Å². The maximum Gasteiger partial charge on any atom is 0.129 e. The van der Waals surface area contributed by atoms with Crippen LogP contribution in [0.25, 0.3) is 54.8 Å². The van der Waals surface area contributed by atoms with E-state index in [0.717, 1.165) is 39.8 Å². The molecule has 0 unspecified atom stereocenters. The Hall–Kier alpha value is -7.76. The van der Waals surface area contributed by atoms with E-state index in [0.29, 0.717) is 13.3 Å². The van der Waals surface area contributed by atoms with Crippen LogP contribution in [0.15, 0.2) is 212 Å². The van der Waals surface area contributed by atoms with Gasteiger partial charge in [0.2, 0.25) is 0 Å². The van der Waals surface area contributed by atoms with Gasteiger partial charge in [-0.2, -0.15) is 0 Å². The minimum absolute atomic E-state index is 0.617. The minimum Gasteiger partial charge on any atom is -0.457 e. The number of anilines is 5. The van der Waals surface area contributed by atoms with Crippen molar-refractivity contribution in [3.05, 3.63) is 212 Å². The molecular weight excluding hydrogens is 721 g/mol. The van der Waals surface area contributed by atoms with Crippen molar-refractivity contribution in [2.24, 2.45) is 0 Å². The lowest BCUT2D eigenvalue weighted by molar-refractivity contribution is 0.483. The van der Waals surface area contributed by atoms with Crippen LogP contribution in [-0.4, -0.2) is 11.2 Å². The molecule has 59 heavy (non-hydrogen) atoms. The third kappa shape index (κ3) is 6.30. The highest BCUT2D eigenvalue weighted by Crippen LogP contribution is 2.50. The van der Waals surface area contributed by atoms with Gasteiger partial charge in [-0.05, 0) is 76.5 Å². The summed E-state index contributed by atoms with van der Waals surface area (Å²) < 4.78 is 9.07. The molecule has 1 aliphatic heterocycles. The number of rotatable bonds is 9. The summed E-state index contributed by atoms with van der Waals surface area (Å²) in [6, 6.07) is 75.3. The summed E-state index contributed by atoms with van der Waals surface area (Å²) in [6.45, 7) is 1.26. The number of para-hydroxylation sites is 4. The van der Waals surface area contributed by atoms with Crippen LogP contribution < -0.4 is 19.9 Å². The largest absolute Gasteiger partial charge is 0.457 e. The standard InChI is InChI=1S/C54H40N4O/c1-3-16-39(17-4-1)46-24-14-25-47(40-18-5-2-6-19-40)54(46)58-37-57(51-27-11-12-28-52(51)58)43-21-13-22-44(34-43)59-45-31-32-49-48-23-9-10-26-50(48)56(53(49)35-45)36-55-42-30-29-38-15-7-8-20-41(38)33-42/h1-35,55H,36-37H2. The number of hydrogen-bond acceptors (Lipinski definition) is 4. The summed E-state index contributed by atoms with van der Waals surface area (Å²) >= 11 is 0. The molecule has 0 amide bonds. The quantitative estimate of drug-likeness (QED) is 0.159. The van der Waals surface area contributed by atoms with E-state index in [1.807, 2.05) is 6.07 Å². The second kappa shape index (κ2) is 14.6. The van der Waals surface area contributed by atoms with Crippen molar-refractivity contribution in [3.63, 3.8) is 0 Å². The normalized spacial score (nSPS) is 12.3. The predicted octanol–water partition coefficient (Wildman–Crippen LogP) is 14.4. The van der Waals surface area contributed by atoms with Gasteiger partial charge in [0.25, 0.3) is 0 Å². The van der Waals surface area contributed by atoms with Crippen molar-refractivity contribution in [1.29, 1.82) is 0 Å². The highest BCUT2D eigenvalue weighted by molar-refractivity contribution is 6.08. The van der Waals surface area contributed by atoms with Crippen LogP contribution in [0.1, 0.15) is 0 Å². The lowest BCUT2D eigenvalue weighted by Gasteiger charge is -2.27. The van der Waals surface area contributed by atoms with Gasteiger partial charge in [-0.1, -0.05) is 146 Å². The molecule has 0 fully saturated rings. The summed E-state index contributed by atoms with van der Waals surface area (Å²) in [5, 5.41) is 8.56. The van der Waals surface area contributed by atoms with Gasteiger partial charge in [0.1, 0.15) is 18.2 Å². The minimum atomic E-state index is 0.617. The van der Waals surface area contributed by atoms with E-state index in [2.05, 4.69) is 226 Å². The van der Waals surface area contributed by atoms with Crippen molar-refractivity contribution in [2.45, 2.75) is 6.67 Å². The smallest absolute Gasteiger partial charge is 0.129 e. The van der Waals surface area contributed by atoms with Crippen molar-refractivity contribution >= 4 is 61.0 Å². The molecule has 0 atom stereocenters. The molecule has 0 radical (unpaired) electrons. The maximum atomic E-state index is 6.73. The highest BCUT2D eigenvalue weighted by atomic mass is 16.5. The molecule has 0 spiro atoms. The van der Waals surface area contributed by atoms with Crippen LogP contribution in [0.5, 0.6) is 11.5 Å². The van der Waals surface area contributed by atoms with Gasteiger partial charge >= 0.3 is 0 Å². The maximum absolute atomic E-state index is 6.73. The first kappa shape index (κ1) is 34.5. The summed E-state index contributed by atoms with van der Waals surface area (Å²) in [7, 11) is 0. The SMILES string of the molecule is c1ccc(-c2cccc(-c3ccccc3)c2N2CN(c3cccc(Oc4ccc5c6ccccc6n(CNc6ccc7ccccc7c6)c5c4)c3)c3ccccc32)cc1. The van der Waals surface area contributed by atoms with Crippen molar-refractivity contribution < 1.29 is 4.74 Å². The van der Waals surface area contributed by atoms with Crippen molar-refractivity contribution in [3.8, 4) is 33.8 Å². The summed E-state index contributed by atoms with van der Waals surface area (Å²) in [5.74, 6) is 1.57. The summed E-state index contributed by atoms with van der Waals surface area (Å²) in [5.41, 5.74) is 12.7. The second-order valence-electron chi connectivity index (χ2n) is 15.0. The number of benzene rings is 9. The Morgan fingerprint density at radius 3 is 1.85 bits per heavy atom. The monoisotopic (exact) mass is 760 g/mol. The number of nitrogens with one attached hydrogen (secondary N) is 1. The van der Waals surface area contributed by atoms with Crippen molar-refractivity contribution in [1.82, 2.24) is 4.57 Å². The number of fused-ring (bicyclic) bond motifs is 5. The lowest BCUT2D eigenvalue weighted by atomic mass is 9.95. The van der Waals surface area contributed by atoms with E-state index in [1.54, 1.807) is 0 Å². The first-order valence-corrected chi connectivity index (χ1v) is 20.1. The third-order valence-electron chi connectivity index (χ3n) is 11.5. The molecule has 10 aromatic rings. The molecule has 5 heteroatoms. The molecule has 1 aromatic heterocycles. The van der Waals surface area contributed by atoms with Crippen LogP contribution >= 0.6 is 0 Å². The van der Waals surface area contributed by atoms with Gasteiger partial charge in [-0.3, -0.25) is 0 Å². The Labute approximate surface area is 343 Å². The average molecular weight is 761 g/mol. The fraction of sp³-hybridized carbons (Fsp3) is 0.0370. The molecule has 0 bridgehead atoms. The van der Waals surface area contributed by atoms with Crippen LogP contribution in [0.4, 0.5) is 28.4 Å². The van der Waals surface area contributed by atoms with E-state index < -0.39 is 0 Å². The van der Waals surface area contributed by atoms with Gasteiger partial charge in [-0.15, -0.1) is 0 Å². The van der Waals surface area contributed by atoms with Gasteiger partial charge in [-0.25, -0.2) is 0 Å². The Morgan fingerprint density at radius 2 is 1.07 bits per heavy atom. The number of hydrogen-bond donors (Lipinski definition) is 1.